The minimum absolute atomic E-state index is 0.0102. The van der Waals surface area contributed by atoms with Crippen molar-refractivity contribution < 1.29 is 9.59 Å². The number of hydrogen-bond donors (Lipinski definition) is 1. The number of likely N-dealkylation sites (tertiary alicyclic amines) is 2. The van der Waals surface area contributed by atoms with Gasteiger partial charge in [0, 0.05) is 53.4 Å². The van der Waals surface area contributed by atoms with Crippen molar-refractivity contribution in [2.24, 2.45) is 5.41 Å². The smallest absolute Gasteiger partial charge is 0.321 e. The summed E-state index contributed by atoms with van der Waals surface area (Å²) < 4.78 is 0. The van der Waals surface area contributed by atoms with Gasteiger partial charge in [-0.05, 0) is 63.4 Å². The molecule has 2 aliphatic rings. The number of nitrogens with zero attached hydrogens (tertiary/aromatic N) is 2. The minimum atomic E-state index is -0.0985. The van der Waals surface area contributed by atoms with Crippen LogP contribution in [0.3, 0.4) is 0 Å². The number of anilines is 1. The van der Waals surface area contributed by atoms with Gasteiger partial charge in [0.2, 0.25) is 0 Å². The Bertz CT molecular complexity index is 965. The highest BCUT2D eigenvalue weighted by atomic mass is 35.5. The second-order valence-electron chi connectivity index (χ2n) is 9.14. The fourth-order valence-corrected chi connectivity index (χ4v) is 5.18. The third-order valence-corrected chi connectivity index (χ3v) is 7.08. The van der Waals surface area contributed by atoms with Gasteiger partial charge < -0.3 is 10.2 Å². The molecule has 2 heterocycles. The van der Waals surface area contributed by atoms with Crippen LogP contribution >= 0.6 is 11.6 Å². The molecular formula is C25H30ClN3O2. The highest BCUT2D eigenvalue weighted by molar-refractivity contribution is 6.30. The number of urea groups is 1. The summed E-state index contributed by atoms with van der Waals surface area (Å²) >= 11 is 6.12. The fraction of sp³-hybridized carbons (Fsp3) is 0.440. The summed E-state index contributed by atoms with van der Waals surface area (Å²) in [6.07, 6.45) is 1.95. The Morgan fingerprint density at radius 3 is 2.39 bits per heavy atom. The molecule has 1 atom stereocenters. The zero-order valence-electron chi connectivity index (χ0n) is 18.4. The first-order valence-electron chi connectivity index (χ1n) is 11.0. The van der Waals surface area contributed by atoms with Crippen LogP contribution in [0.1, 0.15) is 55.6 Å². The van der Waals surface area contributed by atoms with Crippen LogP contribution in [0.25, 0.3) is 0 Å². The Morgan fingerprint density at radius 1 is 1.10 bits per heavy atom. The van der Waals surface area contributed by atoms with E-state index in [0.717, 1.165) is 37.5 Å². The molecule has 2 amide bonds. The van der Waals surface area contributed by atoms with Crippen molar-refractivity contribution in [3.05, 3.63) is 64.7 Å². The number of rotatable bonds is 4. The number of benzene rings is 2. The Kier molecular flexibility index (Phi) is 6.09. The molecule has 164 valence electrons. The lowest BCUT2D eigenvalue weighted by Crippen LogP contribution is -2.64. The van der Waals surface area contributed by atoms with E-state index in [9.17, 15) is 9.59 Å². The molecule has 6 heteroatoms. The van der Waals surface area contributed by atoms with Crippen molar-refractivity contribution in [2.45, 2.75) is 45.7 Å². The lowest BCUT2D eigenvalue weighted by Gasteiger charge is -2.62. The van der Waals surface area contributed by atoms with Crippen LogP contribution < -0.4 is 5.32 Å². The van der Waals surface area contributed by atoms with E-state index in [1.165, 1.54) is 12.5 Å². The number of ketones is 1. The maximum atomic E-state index is 12.8. The number of nitrogens with one attached hydrogen (secondary N) is 1. The van der Waals surface area contributed by atoms with Crippen molar-refractivity contribution in [3.63, 3.8) is 0 Å². The van der Waals surface area contributed by atoms with Crippen molar-refractivity contribution >= 4 is 29.1 Å². The Morgan fingerprint density at radius 2 is 1.77 bits per heavy atom. The molecule has 1 spiro atoms. The first-order valence-corrected chi connectivity index (χ1v) is 11.3. The molecule has 0 bridgehead atoms. The molecule has 2 saturated heterocycles. The summed E-state index contributed by atoms with van der Waals surface area (Å²) in [5.41, 5.74) is 2.77. The molecule has 2 aliphatic heterocycles. The van der Waals surface area contributed by atoms with Gasteiger partial charge in [-0.1, -0.05) is 35.9 Å². The van der Waals surface area contributed by atoms with Crippen molar-refractivity contribution in [2.75, 3.05) is 25.0 Å². The number of carbonyl (C=O) groups excluding carboxylic acids is 2. The summed E-state index contributed by atoms with van der Waals surface area (Å²) in [6.45, 7) is 8.54. The van der Waals surface area contributed by atoms with E-state index in [0.29, 0.717) is 23.3 Å². The summed E-state index contributed by atoms with van der Waals surface area (Å²) in [4.78, 5) is 28.9. The maximum Gasteiger partial charge on any atom is 0.321 e. The summed E-state index contributed by atoms with van der Waals surface area (Å²) in [5, 5.41) is 3.71. The van der Waals surface area contributed by atoms with Crippen LogP contribution in [0.2, 0.25) is 5.02 Å². The minimum Gasteiger partial charge on any atom is -0.324 e. The Labute approximate surface area is 189 Å². The molecule has 2 fully saturated rings. The zero-order valence-corrected chi connectivity index (χ0v) is 19.2. The third-order valence-electron chi connectivity index (χ3n) is 6.82. The average molecular weight is 440 g/mol. The van der Waals surface area contributed by atoms with E-state index in [1.807, 2.05) is 23.1 Å². The van der Waals surface area contributed by atoms with E-state index in [4.69, 9.17) is 11.6 Å². The van der Waals surface area contributed by atoms with Crippen LogP contribution in [0, 0.1) is 5.41 Å². The number of halogens is 1. The molecule has 0 saturated carbocycles. The predicted molar refractivity (Wildman–Crippen MR) is 125 cm³/mol. The van der Waals surface area contributed by atoms with Gasteiger partial charge in [-0.15, -0.1) is 0 Å². The van der Waals surface area contributed by atoms with Gasteiger partial charge in [0.15, 0.2) is 5.78 Å². The second kappa shape index (κ2) is 8.64. The molecule has 0 aliphatic carbocycles. The van der Waals surface area contributed by atoms with Crippen LogP contribution in [-0.4, -0.2) is 47.3 Å². The molecule has 0 radical (unpaired) electrons. The highest BCUT2D eigenvalue weighted by Crippen LogP contribution is 2.55. The lowest BCUT2D eigenvalue weighted by molar-refractivity contribution is -0.123. The van der Waals surface area contributed by atoms with Gasteiger partial charge in [-0.25, -0.2) is 4.79 Å². The number of hydrogen-bond acceptors (Lipinski definition) is 3. The first kappa shape index (κ1) is 21.8. The molecule has 0 aromatic heterocycles. The molecule has 4 rings (SSSR count). The van der Waals surface area contributed by atoms with Gasteiger partial charge >= 0.3 is 6.03 Å². The van der Waals surface area contributed by atoms with Gasteiger partial charge in [0.05, 0.1) is 0 Å². The van der Waals surface area contributed by atoms with E-state index >= 15 is 0 Å². The predicted octanol–water partition coefficient (Wildman–Crippen LogP) is 5.62. The molecule has 2 aromatic rings. The van der Waals surface area contributed by atoms with Gasteiger partial charge in [-0.3, -0.25) is 9.69 Å². The number of carbonyl (C=O) groups is 2. The van der Waals surface area contributed by atoms with Gasteiger partial charge in [0.25, 0.3) is 0 Å². The standard InChI is InChI=1S/C25H30ClN3O2/c1-17(2)29-16-25(23(29)19-7-9-21(26)10-8-19)11-13-28(14-12-25)24(31)27-22-6-4-5-20(15-22)18(3)30/h4-10,15,17,23H,11-14,16H2,1-3H3,(H,27,31). The highest BCUT2D eigenvalue weighted by Gasteiger charge is 2.54. The molecular weight excluding hydrogens is 410 g/mol. The molecule has 1 unspecified atom stereocenters. The van der Waals surface area contributed by atoms with E-state index in [-0.39, 0.29) is 17.2 Å². The first-order chi connectivity index (χ1) is 14.8. The summed E-state index contributed by atoms with van der Waals surface area (Å²) in [6, 6.07) is 16.1. The topological polar surface area (TPSA) is 52.7 Å². The molecule has 2 aromatic carbocycles. The van der Waals surface area contributed by atoms with E-state index < -0.39 is 0 Å². The van der Waals surface area contributed by atoms with Gasteiger partial charge in [-0.2, -0.15) is 0 Å². The third kappa shape index (κ3) is 4.35. The molecule has 31 heavy (non-hydrogen) atoms. The van der Waals surface area contributed by atoms with Gasteiger partial charge in [0.1, 0.15) is 0 Å². The normalized spacial score (nSPS) is 20.5. The van der Waals surface area contributed by atoms with Crippen molar-refractivity contribution in [1.82, 2.24) is 9.80 Å². The average Bonchev–Trinajstić information content (AvgIpc) is 2.74. The molecule has 5 nitrogen and oxygen atoms in total. The quantitative estimate of drug-likeness (QED) is 0.629. The number of amides is 2. The van der Waals surface area contributed by atoms with Crippen molar-refractivity contribution in [3.8, 4) is 0 Å². The Balaban J connectivity index is 1.43. The van der Waals surface area contributed by atoms with E-state index in [1.54, 1.807) is 18.2 Å². The van der Waals surface area contributed by atoms with Crippen LogP contribution in [0.5, 0.6) is 0 Å². The zero-order chi connectivity index (χ0) is 22.2. The fourth-order valence-electron chi connectivity index (χ4n) is 5.06. The van der Waals surface area contributed by atoms with Crippen LogP contribution in [0.4, 0.5) is 10.5 Å². The summed E-state index contributed by atoms with van der Waals surface area (Å²) in [7, 11) is 0. The lowest BCUT2D eigenvalue weighted by atomic mass is 9.62. The molecule has 1 N–H and O–H groups in total. The van der Waals surface area contributed by atoms with Crippen LogP contribution in [0.15, 0.2) is 48.5 Å². The monoisotopic (exact) mass is 439 g/mol. The van der Waals surface area contributed by atoms with Crippen molar-refractivity contribution in [1.29, 1.82) is 0 Å². The number of piperidine rings is 1. The van der Waals surface area contributed by atoms with E-state index in [2.05, 4.69) is 36.2 Å². The SMILES string of the molecule is CC(=O)c1cccc(NC(=O)N2CCC3(CC2)CN(C(C)C)C3c2ccc(Cl)cc2)c1. The van der Waals surface area contributed by atoms with Crippen LogP contribution in [-0.2, 0) is 0 Å². The second-order valence-corrected chi connectivity index (χ2v) is 9.57. The summed E-state index contributed by atoms with van der Waals surface area (Å²) in [5.74, 6) is -0.0102. The Hall–Kier alpha value is -2.37. The largest absolute Gasteiger partial charge is 0.324 e. The number of Topliss-reactive ketones (excluding diaryl/α,β-unsaturated/α-hetero) is 1. The maximum absolute atomic E-state index is 12.8.